The molecule has 0 radical (unpaired) electrons. The number of rotatable bonds is 6. The molecule has 2 rings (SSSR count). The van der Waals surface area contributed by atoms with Crippen LogP contribution in [0, 0.1) is 6.92 Å². The molecular weight excluding hydrogens is 306 g/mol. The minimum Gasteiger partial charge on any atom is -0.497 e. The predicted octanol–water partition coefficient (Wildman–Crippen LogP) is 3.18. The van der Waals surface area contributed by atoms with E-state index in [4.69, 9.17) is 9.47 Å². The molecule has 2 aromatic carbocycles. The lowest BCUT2D eigenvalue weighted by atomic mass is 10.0. The molecule has 126 valence electrons. The fraction of sp³-hybridized carbons (Fsp3) is 0.263. The third kappa shape index (κ3) is 5.12. The number of hydrogen-bond donors (Lipinski definition) is 1. The topological polar surface area (TPSA) is 64.6 Å². The zero-order valence-corrected chi connectivity index (χ0v) is 14.0. The Bertz CT molecular complexity index is 710. The van der Waals surface area contributed by atoms with E-state index < -0.39 is 12.0 Å². The molecule has 0 aliphatic heterocycles. The van der Waals surface area contributed by atoms with Crippen molar-refractivity contribution < 1.29 is 19.1 Å². The van der Waals surface area contributed by atoms with Crippen molar-refractivity contribution in [3.63, 3.8) is 0 Å². The average Bonchev–Trinajstić information content (AvgIpc) is 2.54. The number of hydrogen-bond acceptors (Lipinski definition) is 4. The second-order valence-corrected chi connectivity index (χ2v) is 5.52. The molecule has 24 heavy (non-hydrogen) atoms. The fourth-order valence-electron chi connectivity index (χ4n) is 2.35. The predicted molar refractivity (Wildman–Crippen MR) is 91.0 cm³/mol. The summed E-state index contributed by atoms with van der Waals surface area (Å²) >= 11 is 0. The first-order chi connectivity index (χ1) is 11.5. The van der Waals surface area contributed by atoms with Gasteiger partial charge in [-0.2, -0.15) is 0 Å². The monoisotopic (exact) mass is 327 g/mol. The molecule has 1 unspecified atom stereocenters. The van der Waals surface area contributed by atoms with Gasteiger partial charge in [0.15, 0.2) is 0 Å². The molecule has 0 aliphatic carbocycles. The van der Waals surface area contributed by atoms with Gasteiger partial charge in [0.2, 0.25) is 5.91 Å². The molecule has 0 heterocycles. The van der Waals surface area contributed by atoms with Gasteiger partial charge in [0.1, 0.15) is 11.5 Å². The fourth-order valence-corrected chi connectivity index (χ4v) is 2.35. The number of ether oxygens (including phenoxy) is 2. The van der Waals surface area contributed by atoms with Crippen molar-refractivity contribution in [2.24, 2.45) is 0 Å². The molecule has 0 aliphatic rings. The van der Waals surface area contributed by atoms with Crippen LogP contribution in [0.4, 0.5) is 0 Å². The van der Waals surface area contributed by atoms with Crippen LogP contribution in [-0.4, -0.2) is 19.0 Å². The molecule has 5 heteroatoms. The van der Waals surface area contributed by atoms with E-state index in [-0.39, 0.29) is 12.3 Å². The summed E-state index contributed by atoms with van der Waals surface area (Å²) in [6.45, 7) is 3.34. The first-order valence-electron chi connectivity index (χ1n) is 7.66. The first kappa shape index (κ1) is 17.5. The molecule has 0 fully saturated rings. The van der Waals surface area contributed by atoms with E-state index in [2.05, 4.69) is 5.32 Å². The largest absolute Gasteiger partial charge is 0.497 e. The van der Waals surface area contributed by atoms with Crippen molar-refractivity contribution in [3.8, 4) is 11.5 Å². The maximum Gasteiger partial charge on any atom is 0.313 e. The molecule has 0 saturated carbocycles. The average molecular weight is 327 g/mol. The van der Waals surface area contributed by atoms with Gasteiger partial charge in [-0.3, -0.25) is 9.59 Å². The van der Waals surface area contributed by atoms with Crippen molar-refractivity contribution in [2.45, 2.75) is 26.3 Å². The number of esters is 1. The maximum absolute atomic E-state index is 12.2. The van der Waals surface area contributed by atoms with Gasteiger partial charge in [-0.05, 0) is 42.3 Å². The Morgan fingerprint density at radius 1 is 1.08 bits per heavy atom. The van der Waals surface area contributed by atoms with E-state index in [1.165, 1.54) is 6.92 Å². The second kappa shape index (κ2) is 8.15. The molecule has 0 spiro atoms. The smallest absolute Gasteiger partial charge is 0.313 e. The van der Waals surface area contributed by atoms with Crippen LogP contribution in [0.1, 0.15) is 30.5 Å². The van der Waals surface area contributed by atoms with Gasteiger partial charge in [0, 0.05) is 6.92 Å². The Kier molecular flexibility index (Phi) is 5.95. The Balaban J connectivity index is 2.09. The Morgan fingerprint density at radius 3 is 2.38 bits per heavy atom. The van der Waals surface area contributed by atoms with E-state index >= 15 is 0 Å². The number of aryl methyl sites for hydroxylation is 1. The highest BCUT2D eigenvalue weighted by atomic mass is 16.5. The van der Waals surface area contributed by atoms with Crippen LogP contribution in [0.25, 0.3) is 0 Å². The summed E-state index contributed by atoms with van der Waals surface area (Å²) in [6.07, 6.45) is 0.0415. The van der Waals surface area contributed by atoms with Gasteiger partial charge in [-0.15, -0.1) is 0 Å². The van der Waals surface area contributed by atoms with Crippen molar-refractivity contribution in [1.29, 1.82) is 0 Å². The number of nitrogens with one attached hydrogen (secondary N) is 1. The Morgan fingerprint density at radius 2 is 1.79 bits per heavy atom. The van der Waals surface area contributed by atoms with Crippen molar-refractivity contribution in [1.82, 2.24) is 5.32 Å². The number of methoxy groups -OCH3 is 1. The van der Waals surface area contributed by atoms with Crippen LogP contribution in [-0.2, 0) is 9.59 Å². The number of carbonyl (C=O) groups excluding carboxylic acids is 2. The van der Waals surface area contributed by atoms with Crippen molar-refractivity contribution in [3.05, 3.63) is 59.7 Å². The molecule has 1 atom stereocenters. The van der Waals surface area contributed by atoms with Crippen molar-refractivity contribution >= 4 is 11.9 Å². The molecular formula is C19H21NO4. The summed E-state index contributed by atoms with van der Waals surface area (Å²) in [4.78, 5) is 23.7. The van der Waals surface area contributed by atoms with Crippen LogP contribution in [0.2, 0.25) is 0 Å². The number of carbonyl (C=O) groups is 2. The zero-order valence-electron chi connectivity index (χ0n) is 14.0. The minimum atomic E-state index is -0.453. The molecule has 5 nitrogen and oxygen atoms in total. The summed E-state index contributed by atoms with van der Waals surface area (Å²) in [5.41, 5.74) is 1.82. The van der Waals surface area contributed by atoms with Crippen LogP contribution >= 0.6 is 0 Å². The third-order valence-corrected chi connectivity index (χ3v) is 3.49. The van der Waals surface area contributed by atoms with Crippen LogP contribution in [0.5, 0.6) is 11.5 Å². The highest BCUT2D eigenvalue weighted by Gasteiger charge is 2.18. The standard InChI is InChI=1S/C19H21NO4/c1-13-5-4-6-17(11-13)24-19(22)12-18(20-14(2)21)15-7-9-16(23-3)10-8-15/h4-11,18H,12H2,1-3H3,(H,20,21). The normalized spacial score (nSPS) is 11.5. The molecule has 1 N–H and O–H groups in total. The quantitative estimate of drug-likeness (QED) is 0.654. The Labute approximate surface area is 141 Å². The molecule has 0 saturated heterocycles. The van der Waals surface area contributed by atoms with Gasteiger partial charge >= 0.3 is 5.97 Å². The lowest BCUT2D eigenvalue weighted by Crippen LogP contribution is -2.29. The lowest BCUT2D eigenvalue weighted by Gasteiger charge is -2.18. The molecule has 0 aromatic heterocycles. The summed E-state index contributed by atoms with van der Waals surface area (Å²) in [5.74, 6) is 0.591. The van der Waals surface area contributed by atoms with Crippen LogP contribution in [0.15, 0.2) is 48.5 Å². The van der Waals surface area contributed by atoms with E-state index in [1.54, 1.807) is 31.4 Å². The van der Waals surface area contributed by atoms with Gasteiger partial charge in [0.25, 0.3) is 0 Å². The zero-order chi connectivity index (χ0) is 17.5. The van der Waals surface area contributed by atoms with Gasteiger partial charge in [0.05, 0.1) is 19.6 Å². The number of benzene rings is 2. The molecule has 1 amide bonds. The Hall–Kier alpha value is -2.82. The maximum atomic E-state index is 12.2. The summed E-state index contributed by atoms with van der Waals surface area (Å²) in [6, 6.07) is 14.0. The SMILES string of the molecule is COc1ccc(C(CC(=O)Oc2cccc(C)c2)NC(C)=O)cc1. The summed E-state index contributed by atoms with van der Waals surface area (Å²) in [7, 11) is 1.58. The third-order valence-electron chi connectivity index (χ3n) is 3.49. The van der Waals surface area contributed by atoms with E-state index in [9.17, 15) is 9.59 Å². The second-order valence-electron chi connectivity index (χ2n) is 5.52. The molecule has 2 aromatic rings. The van der Waals surface area contributed by atoms with E-state index in [0.29, 0.717) is 11.5 Å². The van der Waals surface area contributed by atoms with E-state index in [0.717, 1.165) is 11.1 Å². The number of amides is 1. The highest BCUT2D eigenvalue weighted by molar-refractivity contribution is 5.77. The summed E-state index contributed by atoms with van der Waals surface area (Å²) in [5, 5.41) is 2.78. The van der Waals surface area contributed by atoms with Crippen LogP contribution in [0.3, 0.4) is 0 Å². The minimum absolute atomic E-state index is 0.0415. The first-order valence-corrected chi connectivity index (χ1v) is 7.66. The van der Waals surface area contributed by atoms with Crippen molar-refractivity contribution in [2.75, 3.05) is 7.11 Å². The van der Waals surface area contributed by atoms with Gasteiger partial charge in [-0.1, -0.05) is 24.3 Å². The lowest BCUT2D eigenvalue weighted by molar-refractivity contribution is -0.135. The van der Waals surface area contributed by atoms with Crippen LogP contribution < -0.4 is 14.8 Å². The van der Waals surface area contributed by atoms with Gasteiger partial charge in [-0.25, -0.2) is 0 Å². The summed E-state index contributed by atoms with van der Waals surface area (Å²) < 4.78 is 10.5. The highest BCUT2D eigenvalue weighted by Crippen LogP contribution is 2.22. The molecule has 0 bridgehead atoms. The van der Waals surface area contributed by atoms with Gasteiger partial charge < -0.3 is 14.8 Å². The van der Waals surface area contributed by atoms with E-state index in [1.807, 2.05) is 31.2 Å².